The summed E-state index contributed by atoms with van der Waals surface area (Å²) in [6.45, 7) is 6.28. The predicted octanol–water partition coefficient (Wildman–Crippen LogP) is 2.30. The monoisotopic (exact) mass is 379 g/mol. The number of nitrogens with one attached hydrogen (secondary N) is 2. The van der Waals surface area contributed by atoms with E-state index in [9.17, 15) is 4.79 Å². The molecule has 3 heterocycles. The van der Waals surface area contributed by atoms with Crippen molar-refractivity contribution >= 4 is 22.3 Å². The molecule has 2 N–H and O–H groups in total. The maximum absolute atomic E-state index is 12.9. The zero-order chi connectivity index (χ0) is 19.5. The van der Waals surface area contributed by atoms with Crippen molar-refractivity contribution in [3.05, 3.63) is 53.0 Å². The van der Waals surface area contributed by atoms with Crippen molar-refractivity contribution in [1.82, 2.24) is 20.1 Å². The average molecular weight is 379 g/mol. The topological polar surface area (TPSA) is 75.2 Å². The summed E-state index contributed by atoms with van der Waals surface area (Å²) >= 11 is 0. The van der Waals surface area contributed by atoms with Crippen molar-refractivity contribution in [1.29, 1.82) is 0 Å². The van der Waals surface area contributed by atoms with Crippen LogP contribution in [0.15, 0.2) is 47.4 Å². The summed E-state index contributed by atoms with van der Waals surface area (Å²) in [7, 11) is 1.64. The van der Waals surface area contributed by atoms with Crippen LogP contribution in [0.2, 0.25) is 0 Å². The molecule has 1 fully saturated rings. The van der Waals surface area contributed by atoms with Crippen molar-refractivity contribution in [2.45, 2.75) is 6.92 Å². The van der Waals surface area contributed by atoms with Gasteiger partial charge in [-0.2, -0.15) is 9.78 Å². The molecule has 0 unspecified atom stereocenters. The Labute approximate surface area is 163 Å². The molecule has 4 rings (SSSR count). The van der Waals surface area contributed by atoms with Gasteiger partial charge in [-0.1, -0.05) is 12.2 Å². The number of aromatic nitrogens is 3. The van der Waals surface area contributed by atoms with Crippen LogP contribution >= 0.6 is 0 Å². The number of hydrogen-bond acceptors (Lipinski definition) is 5. The van der Waals surface area contributed by atoms with Crippen LogP contribution < -0.4 is 15.8 Å². The first-order valence-corrected chi connectivity index (χ1v) is 9.55. The largest absolute Gasteiger partial charge is 0.381 e. The number of H-pyrrole nitrogens is 1. The Hall–Kier alpha value is -2.90. The van der Waals surface area contributed by atoms with E-state index in [1.54, 1.807) is 13.3 Å². The number of ether oxygens (including phenoxy) is 1. The Bertz CT molecular complexity index is 1060. The number of benzene rings is 1. The van der Waals surface area contributed by atoms with E-state index in [1.165, 1.54) is 4.68 Å². The maximum Gasteiger partial charge on any atom is 0.282 e. The van der Waals surface area contributed by atoms with Gasteiger partial charge in [-0.15, -0.1) is 0 Å². The van der Waals surface area contributed by atoms with Gasteiger partial charge >= 0.3 is 0 Å². The maximum atomic E-state index is 12.9. The first kappa shape index (κ1) is 18.5. The lowest BCUT2D eigenvalue weighted by molar-refractivity contribution is 0.234. The van der Waals surface area contributed by atoms with Gasteiger partial charge in [0.1, 0.15) is 5.69 Å². The molecule has 7 heteroatoms. The van der Waals surface area contributed by atoms with E-state index in [1.807, 2.05) is 25.2 Å². The van der Waals surface area contributed by atoms with Crippen molar-refractivity contribution < 1.29 is 4.74 Å². The van der Waals surface area contributed by atoms with Gasteiger partial charge in [-0.25, -0.2) is 0 Å². The molecule has 0 atom stereocenters. The van der Waals surface area contributed by atoms with Gasteiger partial charge in [0, 0.05) is 56.1 Å². The van der Waals surface area contributed by atoms with Crippen molar-refractivity contribution in [3.8, 4) is 11.3 Å². The van der Waals surface area contributed by atoms with Crippen molar-refractivity contribution in [2.75, 3.05) is 44.8 Å². The summed E-state index contributed by atoms with van der Waals surface area (Å²) in [5.74, 6) is 0. The van der Waals surface area contributed by atoms with Crippen LogP contribution in [0.4, 0.5) is 5.69 Å². The number of piperazine rings is 1. The number of nitrogens with zero attached hydrogens (tertiary/aromatic N) is 3. The number of pyridine rings is 1. The van der Waals surface area contributed by atoms with Gasteiger partial charge in [0.2, 0.25) is 0 Å². The van der Waals surface area contributed by atoms with Gasteiger partial charge < -0.3 is 19.9 Å². The highest BCUT2D eigenvalue weighted by atomic mass is 16.5. The van der Waals surface area contributed by atoms with Gasteiger partial charge in [0.25, 0.3) is 5.56 Å². The lowest BCUT2D eigenvalue weighted by Crippen LogP contribution is -2.43. The summed E-state index contributed by atoms with van der Waals surface area (Å²) in [6, 6.07) is 6.31. The molecule has 0 bridgehead atoms. The number of rotatable bonds is 5. The molecule has 0 saturated carbocycles. The standard InChI is InChI=1S/C21H25N5O2/c1-3-15(5-4-12-28-2)26-21(27)18-14-23-19-7-6-16(13-17(19)20(18)24-26)25-10-8-22-9-11-25/h3-7,13-14,22-23H,8-12H2,1-2H3/b5-4-,15-3+. The quantitative estimate of drug-likeness (QED) is 0.666. The summed E-state index contributed by atoms with van der Waals surface area (Å²) in [6.07, 6.45) is 7.35. The molecule has 0 radical (unpaired) electrons. The van der Waals surface area contributed by atoms with E-state index in [0.717, 1.165) is 54.2 Å². The third-order valence-corrected chi connectivity index (χ3v) is 5.08. The fourth-order valence-electron chi connectivity index (χ4n) is 3.60. The second-order valence-electron chi connectivity index (χ2n) is 6.81. The van der Waals surface area contributed by atoms with Crippen LogP contribution in [0.5, 0.6) is 0 Å². The molecule has 7 nitrogen and oxygen atoms in total. The first-order chi connectivity index (χ1) is 13.7. The average Bonchev–Trinajstić information content (AvgIpc) is 3.08. The summed E-state index contributed by atoms with van der Waals surface area (Å²) in [5, 5.41) is 9.00. The molecule has 0 aliphatic carbocycles. The van der Waals surface area contributed by atoms with E-state index in [-0.39, 0.29) is 5.56 Å². The Balaban J connectivity index is 1.81. The Morgan fingerprint density at radius 3 is 2.89 bits per heavy atom. The Kier molecular flexibility index (Phi) is 5.27. The molecule has 0 amide bonds. The molecule has 28 heavy (non-hydrogen) atoms. The molecule has 3 aliphatic rings. The van der Waals surface area contributed by atoms with Gasteiger partial charge in [0.05, 0.1) is 17.9 Å². The number of fused-ring (bicyclic) bond motifs is 3. The fraction of sp³-hybridized carbons (Fsp3) is 0.333. The lowest BCUT2D eigenvalue weighted by atomic mass is 10.1. The highest BCUT2D eigenvalue weighted by Gasteiger charge is 2.20. The molecule has 0 aromatic heterocycles. The molecule has 1 aromatic carbocycles. The highest BCUT2D eigenvalue weighted by Crippen LogP contribution is 2.29. The number of methoxy groups -OCH3 is 1. The van der Waals surface area contributed by atoms with E-state index in [2.05, 4.69) is 38.5 Å². The van der Waals surface area contributed by atoms with Crippen LogP contribution in [0.1, 0.15) is 6.92 Å². The predicted molar refractivity (Wildman–Crippen MR) is 113 cm³/mol. The minimum atomic E-state index is -0.129. The number of allylic oxidation sites excluding steroid dienone is 3. The van der Waals surface area contributed by atoms with Crippen LogP contribution in [0.25, 0.3) is 27.9 Å². The number of aromatic amines is 1. The summed E-state index contributed by atoms with van der Waals surface area (Å²) in [5.41, 5.74) is 4.02. The van der Waals surface area contributed by atoms with Gasteiger partial charge in [-0.3, -0.25) is 4.79 Å². The van der Waals surface area contributed by atoms with E-state index in [4.69, 9.17) is 4.74 Å². The number of hydrogen-bond donors (Lipinski definition) is 2. The van der Waals surface area contributed by atoms with Gasteiger partial charge in [0.15, 0.2) is 0 Å². The smallest absolute Gasteiger partial charge is 0.282 e. The molecule has 3 aliphatic heterocycles. The molecule has 1 saturated heterocycles. The first-order valence-electron chi connectivity index (χ1n) is 9.55. The third-order valence-electron chi connectivity index (χ3n) is 5.08. The zero-order valence-corrected chi connectivity index (χ0v) is 16.2. The van der Waals surface area contributed by atoms with Crippen LogP contribution in [0, 0.1) is 0 Å². The Morgan fingerprint density at radius 2 is 2.14 bits per heavy atom. The SMILES string of the molecule is C/C=C(\C=C/COC)n1nc2c3cc(N4CCNCC4)ccc3[nH]cc-2c1=O. The lowest BCUT2D eigenvalue weighted by Gasteiger charge is -2.29. The normalized spacial score (nSPS) is 15.9. The van der Waals surface area contributed by atoms with Gasteiger partial charge in [-0.05, 0) is 31.2 Å². The van der Waals surface area contributed by atoms with Crippen LogP contribution in [-0.4, -0.2) is 54.7 Å². The molecular weight excluding hydrogens is 354 g/mol. The van der Waals surface area contributed by atoms with Crippen LogP contribution in [-0.2, 0) is 4.74 Å². The molecular formula is C21H25N5O2. The summed E-state index contributed by atoms with van der Waals surface area (Å²) in [4.78, 5) is 18.5. The van der Waals surface area contributed by atoms with Crippen molar-refractivity contribution in [2.24, 2.45) is 0 Å². The fourth-order valence-corrected chi connectivity index (χ4v) is 3.60. The second-order valence-corrected chi connectivity index (χ2v) is 6.81. The number of anilines is 1. The third kappa shape index (κ3) is 3.34. The Morgan fingerprint density at radius 1 is 1.32 bits per heavy atom. The van der Waals surface area contributed by atoms with E-state index >= 15 is 0 Å². The van der Waals surface area contributed by atoms with Crippen LogP contribution in [0.3, 0.4) is 0 Å². The zero-order valence-electron chi connectivity index (χ0n) is 16.2. The molecule has 1 aromatic rings. The molecule has 146 valence electrons. The minimum absolute atomic E-state index is 0.129. The molecule has 0 spiro atoms. The summed E-state index contributed by atoms with van der Waals surface area (Å²) < 4.78 is 6.51. The van der Waals surface area contributed by atoms with E-state index < -0.39 is 0 Å². The second kappa shape index (κ2) is 8.00. The minimum Gasteiger partial charge on any atom is -0.381 e. The van der Waals surface area contributed by atoms with Crippen molar-refractivity contribution in [3.63, 3.8) is 0 Å². The van der Waals surface area contributed by atoms with E-state index in [0.29, 0.717) is 12.2 Å². The highest BCUT2D eigenvalue weighted by molar-refractivity contribution is 5.95.